The molecule has 0 bridgehead atoms. The predicted octanol–water partition coefficient (Wildman–Crippen LogP) is 2.10. The van der Waals surface area contributed by atoms with Crippen LogP contribution in [0.5, 0.6) is 0 Å². The highest BCUT2D eigenvalue weighted by Crippen LogP contribution is 2.31. The third-order valence-electron chi connectivity index (χ3n) is 3.45. The van der Waals surface area contributed by atoms with E-state index in [4.69, 9.17) is 0 Å². The van der Waals surface area contributed by atoms with E-state index in [9.17, 15) is 0 Å². The maximum Gasteiger partial charge on any atom is 0.0135 e. The van der Waals surface area contributed by atoms with Gasteiger partial charge >= 0.3 is 0 Å². The minimum Gasteiger partial charge on any atom is -0.314 e. The lowest BCUT2D eigenvalue weighted by molar-refractivity contribution is 0.0694. The first-order chi connectivity index (χ1) is 6.69. The van der Waals surface area contributed by atoms with E-state index >= 15 is 0 Å². The van der Waals surface area contributed by atoms with Gasteiger partial charge in [0.1, 0.15) is 0 Å². The molecule has 1 rings (SSSR count). The SMILES string of the molecule is CCN(CC)C1CCC1CNC(C)C. The highest BCUT2D eigenvalue weighted by atomic mass is 15.2. The molecule has 1 saturated carbocycles. The molecule has 2 nitrogen and oxygen atoms in total. The lowest BCUT2D eigenvalue weighted by Gasteiger charge is -2.44. The number of rotatable bonds is 6. The van der Waals surface area contributed by atoms with E-state index in [-0.39, 0.29) is 0 Å². The fourth-order valence-electron chi connectivity index (χ4n) is 2.35. The van der Waals surface area contributed by atoms with Gasteiger partial charge in [-0.15, -0.1) is 0 Å². The molecule has 0 saturated heterocycles. The van der Waals surface area contributed by atoms with Crippen LogP contribution in [0.1, 0.15) is 40.5 Å². The Hall–Kier alpha value is -0.0800. The molecule has 0 heterocycles. The first-order valence-corrected chi connectivity index (χ1v) is 6.16. The average Bonchev–Trinajstić information content (AvgIpc) is 2.11. The van der Waals surface area contributed by atoms with E-state index in [1.807, 2.05) is 0 Å². The zero-order chi connectivity index (χ0) is 10.6. The summed E-state index contributed by atoms with van der Waals surface area (Å²) in [5.41, 5.74) is 0. The number of nitrogens with one attached hydrogen (secondary N) is 1. The molecular formula is C12H26N2. The van der Waals surface area contributed by atoms with Gasteiger partial charge in [-0.2, -0.15) is 0 Å². The van der Waals surface area contributed by atoms with Gasteiger partial charge in [-0.1, -0.05) is 27.7 Å². The summed E-state index contributed by atoms with van der Waals surface area (Å²) >= 11 is 0. The van der Waals surface area contributed by atoms with E-state index in [1.165, 1.54) is 32.5 Å². The van der Waals surface area contributed by atoms with E-state index in [0.717, 1.165) is 12.0 Å². The Morgan fingerprint density at radius 1 is 1.21 bits per heavy atom. The molecule has 1 N–H and O–H groups in total. The Labute approximate surface area is 89.1 Å². The van der Waals surface area contributed by atoms with Crippen molar-refractivity contribution < 1.29 is 0 Å². The molecule has 1 aliphatic rings. The van der Waals surface area contributed by atoms with Crippen molar-refractivity contribution in [1.29, 1.82) is 0 Å². The van der Waals surface area contributed by atoms with Crippen molar-refractivity contribution in [1.82, 2.24) is 10.2 Å². The van der Waals surface area contributed by atoms with Gasteiger partial charge < -0.3 is 10.2 Å². The van der Waals surface area contributed by atoms with Crippen molar-refractivity contribution in [2.75, 3.05) is 19.6 Å². The highest BCUT2D eigenvalue weighted by Gasteiger charge is 2.33. The number of hydrogen-bond acceptors (Lipinski definition) is 2. The molecule has 14 heavy (non-hydrogen) atoms. The Balaban J connectivity index is 2.27. The molecule has 0 aromatic carbocycles. The molecule has 2 atom stereocenters. The zero-order valence-electron chi connectivity index (χ0n) is 10.2. The third kappa shape index (κ3) is 2.96. The molecule has 84 valence electrons. The fraction of sp³-hybridized carbons (Fsp3) is 1.00. The average molecular weight is 198 g/mol. The normalized spacial score (nSPS) is 27.0. The van der Waals surface area contributed by atoms with Crippen LogP contribution in [-0.4, -0.2) is 36.6 Å². The molecule has 0 amide bonds. The Morgan fingerprint density at radius 3 is 2.21 bits per heavy atom. The Kier molecular flexibility index (Phi) is 4.90. The quantitative estimate of drug-likeness (QED) is 0.703. The van der Waals surface area contributed by atoms with Crippen LogP contribution in [0.3, 0.4) is 0 Å². The standard InChI is InChI=1S/C12H26N2/c1-5-14(6-2)12-8-7-11(12)9-13-10(3)4/h10-13H,5-9H2,1-4H3. The Morgan fingerprint density at radius 2 is 1.86 bits per heavy atom. The van der Waals surface area contributed by atoms with Crippen LogP contribution in [0.15, 0.2) is 0 Å². The molecule has 0 aliphatic heterocycles. The molecular weight excluding hydrogens is 172 g/mol. The number of nitrogens with zero attached hydrogens (tertiary/aromatic N) is 1. The lowest BCUT2D eigenvalue weighted by Crippen LogP contribution is -2.51. The Bertz CT molecular complexity index is 152. The smallest absolute Gasteiger partial charge is 0.0135 e. The summed E-state index contributed by atoms with van der Waals surface area (Å²) in [4.78, 5) is 2.61. The van der Waals surface area contributed by atoms with Crippen molar-refractivity contribution in [2.45, 2.75) is 52.6 Å². The van der Waals surface area contributed by atoms with Crippen molar-refractivity contribution >= 4 is 0 Å². The first kappa shape index (κ1) is 12.0. The van der Waals surface area contributed by atoms with Gasteiger partial charge in [-0.25, -0.2) is 0 Å². The van der Waals surface area contributed by atoms with Crippen molar-refractivity contribution in [3.8, 4) is 0 Å². The molecule has 2 heteroatoms. The van der Waals surface area contributed by atoms with Crippen LogP contribution < -0.4 is 5.32 Å². The van der Waals surface area contributed by atoms with Gasteiger partial charge in [-0.05, 0) is 38.4 Å². The van der Waals surface area contributed by atoms with Gasteiger partial charge in [0.05, 0.1) is 0 Å². The maximum absolute atomic E-state index is 3.55. The molecule has 1 aliphatic carbocycles. The monoisotopic (exact) mass is 198 g/mol. The first-order valence-electron chi connectivity index (χ1n) is 6.16. The van der Waals surface area contributed by atoms with Crippen LogP contribution >= 0.6 is 0 Å². The molecule has 0 aromatic rings. The molecule has 0 aromatic heterocycles. The van der Waals surface area contributed by atoms with Gasteiger partial charge in [0.25, 0.3) is 0 Å². The second kappa shape index (κ2) is 5.72. The highest BCUT2D eigenvalue weighted by molar-refractivity contribution is 4.89. The summed E-state index contributed by atoms with van der Waals surface area (Å²) in [6, 6.07) is 1.49. The summed E-state index contributed by atoms with van der Waals surface area (Å²) < 4.78 is 0. The molecule has 0 radical (unpaired) electrons. The molecule has 1 fully saturated rings. The predicted molar refractivity (Wildman–Crippen MR) is 62.6 cm³/mol. The number of hydrogen-bond donors (Lipinski definition) is 1. The van der Waals surface area contributed by atoms with Crippen molar-refractivity contribution in [3.63, 3.8) is 0 Å². The minimum absolute atomic E-state index is 0.632. The van der Waals surface area contributed by atoms with Gasteiger partial charge in [-0.3, -0.25) is 0 Å². The van der Waals surface area contributed by atoms with E-state index < -0.39 is 0 Å². The fourth-order valence-corrected chi connectivity index (χ4v) is 2.35. The van der Waals surface area contributed by atoms with E-state index in [1.54, 1.807) is 0 Å². The summed E-state index contributed by atoms with van der Waals surface area (Å²) in [7, 11) is 0. The van der Waals surface area contributed by atoms with Crippen molar-refractivity contribution in [3.05, 3.63) is 0 Å². The second-order valence-corrected chi connectivity index (χ2v) is 4.69. The summed E-state index contributed by atoms with van der Waals surface area (Å²) in [5.74, 6) is 0.900. The van der Waals surface area contributed by atoms with Gasteiger partial charge in [0, 0.05) is 12.1 Å². The van der Waals surface area contributed by atoms with E-state index in [2.05, 4.69) is 37.9 Å². The minimum atomic E-state index is 0.632. The third-order valence-corrected chi connectivity index (χ3v) is 3.45. The van der Waals surface area contributed by atoms with Crippen LogP contribution in [0, 0.1) is 5.92 Å². The lowest BCUT2D eigenvalue weighted by atomic mass is 9.78. The summed E-state index contributed by atoms with van der Waals surface area (Å²) in [6.07, 6.45) is 2.83. The molecule has 2 unspecified atom stereocenters. The van der Waals surface area contributed by atoms with Crippen LogP contribution in [0.4, 0.5) is 0 Å². The summed E-state index contributed by atoms with van der Waals surface area (Å²) in [6.45, 7) is 12.6. The largest absolute Gasteiger partial charge is 0.314 e. The van der Waals surface area contributed by atoms with E-state index in [0.29, 0.717) is 6.04 Å². The maximum atomic E-state index is 3.55. The van der Waals surface area contributed by atoms with Gasteiger partial charge in [0.2, 0.25) is 0 Å². The second-order valence-electron chi connectivity index (χ2n) is 4.69. The van der Waals surface area contributed by atoms with Crippen LogP contribution in [0.2, 0.25) is 0 Å². The molecule has 0 spiro atoms. The van der Waals surface area contributed by atoms with Crippen molar-refractivity contribution in [2.24, 2.45) is 5.92 Å². The van der Waals surface area contributed by atoms with Crippen LogP contribution in [-0.2, 0) is 0 Å². The topological polar surface area (TPSA) is 15.3 Å². The zero-order valence-corrected chi connectivity index (χ0v) is 10.2. The van der Waals surface area contributed by atoms with Gasteiger partial charge in [0.15, 0.2) is 0 Å². The summed E-state index contributed by atoms with van der Waals surface area (Å²) in [5, 5.41) is 3.55. The van der Waals surface area contributed by atoms with Crippen LogP contribution in [0.25, 0.3) is 0 Å².